The minimum atomic E-state index is -1.01. The van der Waals surface area contributed by atoms with E-state index in [-0.39, 0.29) is 18.3 Å². The van der Waals surface area contributed by atoms with Gasteiger partial charge in [-0.2, -0.15) is 5.10 Å². The molecule has 0 bridgehead atoms. The van der Waals surface area contributed by atoms with E-state index in [2.05, 4.69) is 5.10 Å². The molecular formula is C15H18N2O4. The lowest BCUT2D eigenvalue weighted by atomic mass is 10.2. The Bertz CT molecular complexity index is 617. The van der Waals surface area contributed by atoms with Gasteiger partial charge in [-0.3, -0.25) is 4.68 Å². The summed E-state index contributed by atoms with van der Waals surface area (Å²) in [6.07, 6.45) is 1.53. The third kappa shape index (κ3) is 3.34. The van der Waals surface area contributed by atoms with Crippen LogP contribution >= 0.6 is 0 Å². The van der Waals surface area contributed by atoms with Crippen LogP contribution in [0.1, 0.15) is 35.9 Å². The standard InChI is InChI=1S/C15H18N2O4/c1-10(2)17-14(15(18)19)11(8-16-17)9-21-13-6-4-12(20-3)5-7-13/h4-8,10H,9H2,1-3H3,(H,18,19). The lowest BCUT2D eigenvalue weighted by Crippen LogP contribution is -2.14. The SMILES string of the molecule is COc1ccc(OCc2cnn(C(C)C)c2C(=O)O)cc1. The fraction of sp³-hybridized carbons (Fsp3) is 0.333. The third-order valence-electron chi connectivity index (χ3n) is 3.02. The van der Waals surface area contributed by atoms with Crippen molar-refractivity contribution in [1.29, 1.82) is 0 Å². The average Bonchev–Trinajstić information content (AvgIpc) is 2.90. The smallest absolute Gasteiger partial charge is 0.354 e. The van der Waals surface area contributed by atoms with Crippen molar-refractivity contribution >= 4 is 5.97 Å². The Morgan fingerprint density at radius 2 is 1.90 bits per heavy atom. The first kappa shape index (κ1) is 14.9. The molecule has 0 saturated carbocycles. The number of benzene rings is 1. The highest BCUT2D eigenvalue weighted by molar-refractivity contribution is 5.87. The van der Waals surface area contributed by atoms with E-state index in [1.807, 2.05) is 13.8 Å². The summed E-state index contributed by atoms with van der Waals surface area (Å²) in [5, 5.41) is 13.4. The molecule has 6 heteroatoms. The molecule has 0 atom stereocenters. The normalized spacial score (nSPS) is 10.7. The molecule has 0 fully saturated rings. The third-order valence-corrected chi connectivity index (χ3v) is 3.02. The number of aromatic nitrogens is 2. The summed E-state index contributed by atoms with van der Waals surface area (Å²) < 4.78 is 12.2. The molecule has 112 valence electrons. The Morgan fingerprint density at radius 3 is 2.43 bits per heavy atom. The lowest BCUT2D eigenvalue weighted by Gasteiger charge is -2.10. The molecular weight excluding hydrogens is 272 g/mol. The van der Waals surface area contributed by atoms with Gasteiger partial charge in [0.1, 0.15) is 18.1 Å². The molecule has 0 spiro atoms. The Kier molecular flexibility index (Phi) is 4.47. The molecule has 1 heterocycles. The number of rotatable bonds is 6. The topological polar surface area (TPSA) is 73.6 Å². The van der Waals surface area contributed by atoms with Crippen LogP contribution in [0.3, 0.4) is 0 Å². The van der Waals surface area contributed by atoms with Gasteiger partial charge in [-0.05, 0) is 38.1 Å². The van der Waals surface area contributed by atoms with Crippen molar-refractivity contribution in [3.63, 3.8) is 0 Å². The van der Waals surface area contributed by atoms with E-state index < -0.39 is 5.97 Å². The van der Waals surface area contributed by atoms with Gasteiger partial charge in [-0.15, -0.1) is 0 Å². The molecule has 0 amide bonds. The number of hydrogen-bond donors (Lipinski definition) is 1. The van der Waals surface area contributed by atoms with Crippen LogP contribution in [0.4, 0.5) is 0 Å². The summed E-state index contributed by atoms with van der Waals surface area (Å²) >= 11 is 0. The fourth-order valence-corrected chi connectivity index (χ4v) is 1.96. The van der Waals surface area contributed by atoms with E-state index in [4.69, 9.17) is 9.47 Å². The van der Waals surface area contributed by atoms with Crippen LogP contribution in [-0.2, 0) is 6.61 Å². The van der Waals surface area contributed by atoms with Gasteiger partial charge in [0.25, 0.3) is 0 Å². The van der Waals surface area contributed by atoms with Crippen LogP contribution in [0, 0.1) is 0 Å². The molecule has 1 N–H and O–H groups in total. The highest BCUT2D eigenvalue weighted by Gasteiger charge is 2.19. The van der Waals surface area contributed by atoms with Gasteiger partial charge in [0, 0.05) is 11.6 Å². The van der Waals surface area contributed by atoms with Crippen molar-refractivity contribution in [2.45, 2.75) is 26.5 Å². The molecule has 1 aromatic carbocycles. The van der Waals surface area contributed by atoms with Gasteiger partial charge < -0.3 is 14.6 Å². The summed E-state index contributed by atoms with van der Waals surface area (Å²) in [5.41, 5.74) is 0.713. The number of aromatic carboxylic acids is 1. The van der Waals surface area contributed by atoms with E-state index in [1.54, 1.807) is 31.4 Å². The van der Waals surface area contributed by atoms with E-state index in [9.17, 15) is 9.90 Å². The minimum absolute atomic E-state index is 0.0224. The van der Waals surface area contributed by atoms with Gasteiger partial charge in [-0.1, -0.05) is 0 Å². The predicted molar refractivity (Wildman–Crippen MR) is 76.9 cm³/mol. The van der Waals surface area contributed by atoms with Crippen LogP contribution in [-0.4, -0.2) is 28.0 Å². The molecule has 0 radical (unpaired) electrons. The largest absolute Gasteiger partial charge is 0.497 e. The molecule has 0 aliphatic carbocycles. The summed E-state index contributed by atoms with van der Waals surface area (Å²) in [7, 11) is 1.59. The summed E-state index contributed by atoms with van der Waals surface area (Å²) in [6.45, 7) is 3.92. The lowest BCUT2D eigenvalue weighted by molar-refractivity contribution is 0.0678. The average molecular weight is 290 g/mol. The maximum Gasteiger partial charge on any atom is 0.354 e. The van der Waals surface area contributed by atoms with Crippen LogP contribution in [0.5, 0.6) is 11.5 Å². The highest BCUT2D eigenvalue weighted by atomic mass is 16.5. The summed E-state index contributed by atoms with van der Waals surface area (Å²) in [6, 6.07) is 7.08. The highest BCUT2D eigenvalue weighted by Crippen LogP contribution is 2.20. The van der Waals surface area contributed by atoms with Crippen molar-refractivity contribution in [3.05, 3.63) is 41.7 Å². The first-order valence-corrected chi connectivity index (χ1v) is 6.59. The van der Waals surface area contributed by atoms with Crippen molar-refractivity contribution in [1.82, 2.24) is 9.78 Å². The number of hydrogen-bond acceptors (Lipinski definition) is 4. The summed E-state index contributed by atoms with van der Waals surface area (Å²) in [4.78, 5) is 11.4. The number of methoxy groups -OCH3 is 1. The van der Waals surface area contributed by atoms with Crippen molar-refractivity contribution < 1.29 is 19.4 Å². The molecule has 6 nitrogen and oxygen atoms in total. The van der Waals surface area contributed by atoms with Gasteiger partial charge in [-0.25, -0.2) is 4.79 Å². The molecule has 2 rings (SSSR count). The number of carboxylic acid groups (broad SMARTS) is 1. The minimum Gasteiger partial charge on any atom is -0.497 e. The molecule has 0 aliphatic rings. The van der Waals surface area contributed by atoms with Gasteiger partial charge in [0.15, 0.2) is 5.69 Å². The first-order valence-electron chi connectivity index (χ1n) is 6.59. The predicted octanol–water partition coefficient (Wildman–Crippen LogP) is 2.75. The zero-order valence-electron chi connectivity index (χ0n) is 12.2. The molecule has 0 saturated heterocycles. The Labute approximate surface area is 122 Å². The molecule has 1 aromatic heterocycles. The maximum absolute atomic E-state index is 11.4. The Balaban J connectivity index is 2.14. The van der Waals surface area contributed by atoms with Crippen LogP contribution in [0.25, 0.3) is 0 Å². The first-order chi connectivity index (χ1) is 10.0. The van der Waals surface area contributed by atoms with Crippen LogP contribution in [0.15, 0.2) is 30.5 Å². The van der Waals surface area contributed by atoms with Gasteiger partial charge in [0.2, 0.25) is 0 Å². The van der Waals surface area contributed by atoms with Crippen molar-refractivity contribution in [2.24, 2.45) is 0 Å². The molecule has 0 aliphatic heterocycles. The van der Waals surface area contributed by atoms with Gasteiger partial charge in [0.05, 0.1) is 13.3 Å². The zero-order chi connectivity index (χ0) is 15.4. The summed E-state index contributed by atoms with van der Waals surface area (Å²) in [5.74, 6) is 0.375. The number of carbonyl (C=O) groups is 1. The Morgan fingerprint density at radius 1 is 1.29 bits per heavy atom. The number of ether oxygens (including phenoxy) is 2. The number of carboxylic acids is 1. The fourth-order valence-electron chi connectivity index (χ4n) is 1.96. The van der Waals surface area contributed by atoms with E-state index in [0.717, 1.165) is 5.75 Å². The monoisotopic (exact) mass is 290 g/mol. The van der Waals surface area contributed by atoms with Crippen molar-refractivity contribution in [2.75, 3.05) is 7.11 Å². The van der Waals surface area contributed by atoms with Gasteiger partial charge >= 0.3 is 5.97 Å². The second-order valence-electron chi connectivity index (χ2n) is 4.83. The second-order valence-corrected chi connectivity index (χ2v) is 4.83. The molecule has 0 unspecified atom stereocenters. The maximum atomic E-state index is 11.4. The zero-order valence-corrected chi connectivity index (χ0v) is 12.2. The van der Waals surface area contributed by atoms with Crippen molar-refractivity contribution in [3.8, 4) is 11.5 Å². The van der Waals surface area contributed by atoms with E-state index >= 15 is 0 Å². The molecule has 2 aromatic rings. The van der Waals surface area contributed by atoms with Crippen LogP contribution < -0.4 is 9.47 Å². The second kappa shape index (κ2) is 6.30. The number of nitrogens with zero attached hydrogens (tertiary/aromatic N) is 2. The molecule has 21 heavy (non-hydrogen) atoms. The quantitative estimate of drug-likeness (QED) is 0.885. The van der Waals surface area contributed by atoms with E-state index in [0.29, 0.717) is 11.3 Å². The van der Waals surface area contributed by atoms with Crippen LogP contribution in [0.2, 0.25) is 0 Å². The Hall–Kier alpha value is -2.50. The van der Waals surface area contributed by atoms with E-state index in [1.165, 1.54) is 10.9 Å².